The van der Waals surface area contributed by atoms with E-state index in [1.54, 1.807) is 43.3 Å². The van der Waals surface area contributed by atoms with E-state index in [9.17, 15) is 24.3 Å². The number of hydrogen-bond donors (Lipinski definition) is 3. The van der Waals surface area contributed by atoms with Crippen LogP contribution in [0.2, 0.25) is 0 Å². The fraction of sp³-hybridized carbons (Fsp3) is 0.333. The Bertz CT molecular complexity index is 1040. The normalized spacial score (nSPS) is 15.9. The predicted octanol–water partition coefficient (Wildman–Crippen LogP) is 2.89. The highest BCUT2D eigenvalue weighted by Gasteiger charge is 2.37. The van der Waals surface area contributed by atoms with Crippen molar-refractivity contribution < 1.29 is 29.0 Å². The molecule has 1 heterocycles. The molecule has 34 heavy (non-hydrogen) atoms. The van der Waals surface area contributed by atoms with Gasteiger partial charge in [0.2, 0.25) is 5.91 Å². The lowest BCUT2D eigenvalue weighted by atomic mass is 10.0. The van der Waals surface area contributed by atoms with E-state index in [4.69, 9.17) is 4.74 Å². The summed E-state index contributed by atoms with van der Waals surface area (Å²) in [6.45, 7) is 3.81. The first-order valence-electron chi connectivity index (χ1n) is 10.8. The molecule has 2 aromatic rings. The number of nitrogens with zero attached hydrogens (tertiary/aromatic N) is 1. The summed E-state index contributed by atoms with van der Waals surface area (Å²) in [5.41, 5.74) is 2.83. The SMILES string of the molecule is CCOC(=O)N1CSCC1C(=O)NC(Cc1ccc(NC(=O)c2ccc(C)cc2)cc1)C(=O)O. The minimum atomic E-state index is -1.18. The largest absolute Gasteiger partial charge is 0.480 e. The second kappa shape index (κ2) is 11.6. The van der Waals surface area contributed by atoms with Gasteiger partial charge < -0.3 is 20.5 Å². The first-order chi connectivity index (χ1) is 16.3. The van der Waals surface area contributed by atoms with Gasteiger partial charge in [-0.2, -0.15) is 0 Å². The molecule has 0 radical (unpaired) electrons. The lowest BCUT2D eigenvalue weighted by Gasteiger charge is -2.24. The predicted molar refractivity (Wildman–Crippen MR) is 129 cm³/mol. The Kier molecular flexibility index (Phi) is 8.53. The van der Waals surface area contributed by atoms with Crippen LogP contribution in [0.1, 0.15) is 28.4 Å². The number of anilines is 1. The molecule has 0 saturated carbocycles. The summed E-state index contributed by atoms with van der Waals surface area (Å²) in [6, 6.07) is 12.0. The van der Waals surface area contributed by atoms with Crippen LogP contribution < -0.4 is 10.6 Å². The Morgan fingerprint density at radius 2 is 1.79 bits per heavy atom. The second-order valence-electron chi connectivity index (χ2n) is 7.81. The van der Waals surface area contributed by atoms with E-state index in [2.05, 4.69) is 10.6 Å². The van der Waals surface area contributed by atoms with Gasteiger partial charge in [0.1, 0.15) is 12.1 Å². The van der Waals surface area contributed by atoms with Gasteiger partial charge in [-0.15, -0.1) is 11.8 Å². The summed E-state index contributed by atoms with van der Waals surface area (Å²) in [6.07, 6.45) is -0.546. The molecule has 0 spiro atoms. The van der Waals surface area contributed by atoms with Crippen LogP contribution in [0.25, 0.3) is 0 Å². The average Bonchev–Trinajstić information content (AvgIpc) is 3.30. The third-order valence-electron chi connectivity index (χ3n) is 5.27. The highest BCUT2D eigenvalue weighted by molar-refractivity contribution is 7.99. The lowest BCUT2D eigenvalue weighted by Crippen LogP contribution is -2.52. The van der Waals surface area contributed by atoms with E-state index in [1.807, 2.05) is 19.1 Å². The van der Waals surface area contributed by atoms with Crippen molar-refractivity contribution in [2.75, 3.05) is 23.6 Å². The minimum absolute atomic E-state index is 0.0481. The molecule has 0 aromatic heterocycles. The molecular formula is C24H27N3O6S. The number of hydrogen-bond acceptors (Lipinski definition) is 6. The van der Waals surface area contributed by atoms with Crippen LogP contribution >= 0.6 is 11.8 Å². The van der Waals surface area contributed by atoms with Gasteiger partial charge in [0.05, 0.1) is 12.5 Å². The molecule has 2 atom stereocenters. The Hall–Kier alpha value is -3.53. The van der Waals surface area contributed by atoms with Crippen LogP contribution in [-0.4, -0.2) is 64.2 Å². The molecular weight excluding hydrogens is 458 g/mol. The molecule has 10 heteroatoms. The van der Waals surface area contributed by atoms with Crippen molar-refractivity contribution in [1.82, 2.24) is 10.2 Å². The molecule has 1 saturated heterocycles. The van der Waals surface area contributed by atoms with E-state index in [1.165, 1.54) is 16.7 Å². The fourth-order valence-electron chi connectivity index (χ4n) is 3.38. The van der Waals surface area contributed by atoms with Gasteiger partial charge in [-0.1, -0.05) is 29.8 Å². The van der Waals surface area contributed by atoms with Gasteiger partial charge in [-0.05, 0) is 43.7 Å². The summed E-state index contributed by atoms with van der Waals surface area (Å²) in [7, 11) is 0. The van der Waals surface area contributed by atoms with E-state index < -0.39 is 30.1 Å². The molecule has 3 N–H and O–H groups in total. The molecule has 1 aliphatic heterocycles. The third-order valence-corrected chi connectivity index (χ3v) is 6.28. The van der Waals surface area contributed by atoms with Gasteiger partial charge in [-0.25, -0.2) is 9.59 Å². The van der Waals surface area contributed by atoms with Gasteiger partial charge in [-0.3, -0.25) is 14.5 Å². The van der Waals surface area contributed by atoms with E-state index in [0.717, 1.165) is 5.56 Å². The number of carboxylic acids is 1. The number of rotatable bonds is 8. The maximum absolute atomic E-state index is 12.7. The first-order valence-corrected chi connectivity index (χ1v) is 11.9. The molecule has 1 fully saturated rings. The standard InChI is InChI=1S/C24H27N3O6S/c1-3-33-24(32)27-14-34-13-20(27)22(29)26-19(23(30)31)12-16-6-10-18(11-7-16)25-21(28)17-8-4-15(2)5-9-17/h4-11,19-20H,3,12-14H2,1-2H3,(H,25,28)(H,26,29)(H,30,31). The summed E-state index contributed by atoms with van der Waals surface area (Å²) in [5.74, 6) is -1.29. The Morgan fingerprint density at radius 3 is 2.41 bits per heavy atom. The number of benzene rings is 2. The topological polar surface area (TPSA) is 125 Å². The second-order valence-corrected chi connectivity index (χ2v) is 8.80. The molecule has 0 bridgehead atoms. The number of carbonyl (C=O) groups is 4. The van der Waals surface area contributed by atoms with Crippen molar-refractivity contribution >= 4 is 41.3 Å². The van der Waals surface area contributed by atoms with Crippen LogP contribution in [0.15, 0.2) is 48.5 Å². The number of nitrogens with one attached hydrogen (secondary N) is 2. The number of carboxylic acid groups (broad SMARTS) is 1. The molecule has 2 unspecified atom stereocenters. The van der Waals surface area contributed by atoms with Crippen molar-refractivity contribution in [3.8, 4) is 0 Å². The summed E-state index contributed by atoms with van der Waals surface area (Å²) >= 11 is 1.40. The van der Waals surface area contributed by atoms with Crippen LogP contribution in [0.4, 0.5) is 10.5 Å². The smallest absolute Gasteiger partial charge is 0.411 e. The summed E-state index contributed by atoms with van der Waals surface area (Å²) in [5, 5.41) is 15.0. The third kappa shape index (κ3) is 6.50. The maximum Gasteiger partial charge on any atom is 0.411 e. The summed E-state index contributed by atoms with van der Waals surface area (Å²) < 4.78 is 4.97. The van der Waals surface area contributed by atoms with Crippen LogP contribution in [0.5, 0.6) is 0 Å². The number of aryl methyl sites for hydroxylation is 1. The van der Waals surface area contributed by atoms with E-state index >= 15 is 0 Å². The molecule has 180 valence electrons. The fourth-order valence-corrected chi connectivity index (χ4v) is 4.52. The molecule has 2 aromatic carbocycles. The van der Waals surface area contributed by atoms with Crippen LogP contribution in [0, 0.1) is 6.92 Å². The van der Waals surface area contributed by atoms with Crippen molar-refractivity contribution in [3.63, 3.8) is 0 Å². The van der Waals surface area contributed by atoms with Gasteiger partial charge in [0, 0.05) is 23.4 Å². The Morgan fingerprint density at radius 1 is 1.12 bits per heavy atom. The zero-order valence-electron chi connectivity index (χ0n) is 18.9. The zero-order chi connectivity index (χ0) is 24.7. The van der Waals surface area contributed by atoms with Crippen molar-refractivity contribution in [3.05, 3.63) is 65.2 Å². The van der Waals surface area contributed by atoms with E-state index in [-0.39, 0.29) is 18.9 Å². The van der Waals surface area contributed by atoms with Gasteiger partial charge >= 0.3 is 12.1 Å². The Labute approximate surface area is 201 Å². The quantitative estimate of drug-likeness (QED) is 0.525. The van der Waals surface area contributed by atoms with Crippen LogP contribution in [-0.2, 0) is 20.7 Å². The number of ether oxygens (including phenoxy) is 1. The van der Waals surface area contributed by atoms with Gasteiger partial charge in [0.15, 0.2) is 0 Å². The van der Waals surface area contributed by atoms with Gasteiger partial charge in [0.25, 0.3) is 5.91 Å². The highest BCUT2D eigenvalue weighted by Crippen LogP contribution is 2.22. The number of carbonyl (C=O) groups excluding carboxylic acids is 3. The van der Waals surface area contributed by atoms with E-state index in [0.29, 0.717) is 28.4 Å². The number of thioether (sulfide) groups is 1. The monoisotopic (exact) mass is 485 g/mol. The number of aliphatic carboxylic acids is 1. The molecule has 3 rings (SSSR count). The first kappa shape index (κ1) is 25.1. The lowest BCUT2D eigenvalue weighted by molar-refractivity contribution is -0.142. The Balaban J connectivity index is 1.60. The molecule has 9 nitrogen and oxygen atoms in total. The molecule has 1 aliphatic rings. The highest BCUT2D eigenvalue weighted by atomic mass is 32.2. The minimum Gasteiger partial charge on any atom is -0.480 e. The van der Waals surface area contributed by atoms with Crippen molar-refractivity contribution in [1.29, 1.82) is 0 Å². The number of amides is 3. The molecule has 3 amide bonds. The van der Waals surface area contributed by atoms with Crippen molar-refractivity contribution in [2.24, 2.45) is 0 Å². The average molecular weight is 486 g/mol. The van der Waals surface area contributed by atoms with Crippen LogP contribution in [0.3, 0.4) is 0 Å². The summed E-state index contributed by atoms with van der Waals surface area (Å²) in [4.78, 5) is 50.2. The van der Waals surface area contributed by atoms with Crippen molar-refractivity contribution in [2.45, 2.75) is 32.4 Å². The molecule has 0 aliphatic carbocycles. The maximum atomic E-state index is 12.7. The zero-order valence-corrected chi connectivity index (χ0v) is 19.8.